The monoisotopic (exact) mass is 289 g/mol. The third-order valence-corrected chi connectivity index (χ3v) is 2.91. The Hall–Kier alpha value is -1.96. The molecule has 1 aliphatic heterocycles. The second-order valence-electron chi connectivity index (χ2n) is 4.33. The largest absolute Gasteiger partial charge is 0.418 e. The lowest BCUT2D eigenvalue weighted by Crippen LogP contribution is -2.43. The quantitative estimate of drug-likeness (QED) is 0.778. The van der Waals surface area contributed by atoms with E-state index in [2.05, 4.69) is 5.32 Å². The molecule has 2 amide bonds. The maximum Gasteiger partial charge on any atom is 0.418 e. The molecule has 20 heavy (non-hydrogen) atoms. The summed E-state index contributed by atoms with van der Waals surface area (Å²) in [5.41, 5.74) is 4.01. The minimum atomic E-state index is -4.55. The molecule has 5 nitrogen and oxygen atoms in total. The van der Waals surface area contributed by atoms with Crippen LogP contribution in [0.2, 0.25) is 0 Å². The third-order valence-electron chi connectivity index (χ3n) is 2.91. The van der Waals surface area contributed by atoms with Gasteiger partial charge in [0, 0.05) is 24.5 Å². The Balaban J connectivity index is 2.11. The molecule has 1 heterocycles. The third kappa shape index (κ3) is 3.32. The molecule has 3 N–H and O–H groups in total. The Morgan fingerprint density at radius 2 is 1.95 bits per heavy atom. The summed E-state index contributed by atoms with van der Waals surface area (Å²) in [7, 11) is 0. The van der Waals surface area contributed by atoms with E-state index in [1.165, 1.54) is 11.0 Å². The van der Waals surface area contributed by atoms with Gasteiger partial charge in [0.05, 0.1) is 18.8 Å². The molecule has 110 valence electrons. The second kappa shape index (κ2) is 5.58. The number of halogens is 3. The molecular weight excluding hydrogens is 275 g/mol. The highest BCUT2D eigenvalue weighted by Crippen LogP contribution is 2.35. The fraction of sp³-hybridized carbons (Fsp3) is 0.417. The first kappa shape index (κ1) is 14.4. The summed E-state index contributed by atoms with van der Waals surface area (Å²) in [5, 5.41) is 2.43. The zero-order valence-electron chi connectivity index (χ0n) is 10.5. The normalized spacial score (nSPS) is 16.1. The van der Waals surface area contributed by atoms with Crippen LogP contribution >= 0.6 is 0 Å². The van der Waals surface area contributed by atoms with E-state index < -0.39 is 17.8 Å². The smallest absolute Gasteiger partial charge is 0.398 e. The Bertz CT molecular complexity index is 499. The molecule has 0 aromatic heterocycles. The van der Waals surface area contributed by atoms with E-state index in [-0.39, 0.29) is 11.4 Å². The van der Waals surface area contributed by atoms with E-state index in [0.717, 1.165) is 12.1 Å². The predicted molar refractivity (Wildman–Crippen MR) is 67.3 cm³/mol. The predicted octanol–water partition coefficient (Wildman–Crippen LogP) is 2.15. The van der Waals surface area contributed by atoms with Crippen LogP contribution in [-0.4, -0.2) is 37.2 Å². The van der Waals surface area contributed by atoms with Gasteiger partial charge < -0.3 is 20.7 Å². The first-order valence-electron chi connectivity index (χ1n) is 5.98. The number of morpholine rings is 1. The summed E-state index contributed by atoms with van der Waals surface area (Å²) in [6, 6.07) is 2.83. The molecule has 8 heteroatoms. The number of urea groups is 1. The van der Waals surface area contributed by atoms with Gasteiger partial charge in [-0.05, 0) is 18.2 Å². The number of hydrogen-bond acceptors (Lipinski definition) is 3. The number of rotatable bonds is 1. The van der Waals surface area contributed by atoms with Gasteiger partial charge in [0.1, 0.15) is 0 Å². The van der Waals surface area contributed by atoms with Crippen LogP contribution in [0.4, 0.5) is 29.3 Å². The van der Waals surface area contributed by atoms with Gasteiger partial charge in [0.2, 0.25) is 0 Å². The summed E-state index contributed by atoms with van der Waals surface area (Å²) >= 11 is 0. The van der Waals surface area contributed by atoms with Crippen LogP contribution < -0.4 is 11.1 Å². The van der Waals surface area contributed by atoms with Crippen molar-refractivity contribution in [3.8, 4) is 0 Å². The Morgan fingerprint density at radius 3 is 2.55 bits per heavy atom. The fourth-order valence-corrected chi connectivity index (χ4v) is 1.85. The maximum atomic E-state index is 12.7. The Morgan fingerprint density at radius 1 is 1.30 bits per heavy atom. The molecule has 0 atom stereocenters. The van der Waals surface area contributed by atoms with Crippen LogP contribution in [0.3, 0.4) is 0 Å². The van der Waals surface area contributed by atoms with Gasteiger partial charge in [-0.3, -0.25) is 0 Å². The lowest BCUT2D eigenvalue weighted by atomic mass is 10.1. The minimum Gasteiger partial charge on any atom is -0.398 e. The van der Waals surface area contributed by atoms with E-state index in [4.69, 9.17) is 10.5 Å². The molecule has 0 unspecified atom stereocenters. The van der Waals surface area contributed by atoms with Crippen molar-refractivity contribution < 1.29 is 22.7 Å². The zero-order valence-corrected chi connectivity index (χ0v) is 10.5. The highest BCUT2D eigenvalue weighted by molar-refractivity contribution is 5.89. The number of nitrogens with one attached hydrogen (secondary N) is 1. The Labute approximate surface area is 113 Å². The summed E-state index contributed by atoms with van der Waals surface area (Å²) in [6.07, 6.45) is -4.55. The van der Waals surface area contributed by atoms with E-state index in [9.17, 15) is 18.0 Å². The van der Waals surface area contributed by atoms with Crippen LogP contribution in [-0.2, 0) is 10.9 Å². The lowest BCUT2D eigenvalue weighted by Gasteiger charge is -2.27. The summed E-state index contributed by atoms with van der Waals surface area (Å²) < 4.78 is 43.2. The number of alkyl halides is 3. The van der Waals surface area contributed by atoms with Crippen molar-refractivity contribution in [3.63, 3.8) is 0 Å². The number of amides is 2. The Kier molecular flexibility index (Phi) is 4.03. The molecule has 0 bridgehead atoms. The van der Waals surface area contributed by atoms with Gasteiger partial charge >= 0.3 is 12.2 Å². The van der Waals surface area contributed by atoms with Crippen LogP contribution in [0.5, 0.6) is 0 Å². The van der Waals surface area contributed by atoms with Gasteiger partial charge in [0.15, 0.2) is 0 Å². The van der Waals surface area contributed by atoms with Gasteiger partial charge in [-0.2, -0.15) is 13.2 Å². The van der Waals surface area contributed by atoms with E-state index in [1.54, 1.807) is 0 Å². The summed E-state index contributed by atoms with van der Waals surface area (Å²) in [6.45, 7) is 1.66. The maximum absolute atomic E-state index is 12.7. The van der Waals surface area contributed by atoms with E-state index >= 15 is 0 Å². The molecule has 0 radical (unpaired) electrons. The SMILES string of the molecule is Nc1ccc(NC(=O)N2CCOCC2)cc1C(F)(F)F. The highest BCUT2D eigenvalue weighted by atomic mass is 19.4. The van der Waals surface area contributed by atoms with Crippen LogP contribution in [0.25, 0.3) is 0 Å². The van der Waals surface area contributed by atoms with Crippen molar-refractivity contribution in [2.45, 2.75) is 6.18 Å². The van der Waals surface area contributed by atoms with E-state index in [1.807, 2.05) is 0 Å². The number of ether oxygens (including phenoxy) is 1. The molecular formula is C12H14F3N3O2. The van der Waals surface area contributed by atoms with Crippen molar-refractivity contribution in [3.05, 3.63) is 23.8 Å². The average Bonchev–Trinajstić information content (AvgIpc) is 2.40. The number of benzene rings is 1. The molecule has 0 aliphatic carbocycles. The van der Waals surface area contributed by atoms with Crippen molar-refractivity contribution >= 4 is 17.4 Å². The number of nitrogen functional groups attached to an aromatic ring is 1. The number of hydrogen-bond donors (Lipinski definition) is 2. The minimum absolute atomic E-state index is 0.0583. The van der Waals surface area contributed by atoms with Crippen molar-refractivity contribution in [1.29, 1.82) is 0 Å². The summed E-state index contributed by atoms with van der Waals surface area (Å²) in [5.74, 6) is 0. The first-order valence-corrected chi connectivity index (χ1v) is 5.98. The van der Waals surface area contributed by atoms with Crippen LogP contribution in [0.1, 0.15) is 5.56 Å². The molecule has 0 spiro atoms. The molecule has 1 saturated heterocycles. The molecule has 1 aromatic carbocycles. The number of carbonyl (C=O) groups excluding carboxylic acids is 1. The standard InChI is InChI=1S/C12H14F3N3O2/c13-12(14,15)9-7-8(1-2-10(9)16)17-11(19)18-3-5-20-6-4-18/h1-2,7H,3-6,16H2,(H,17,19). The zero-order chi connectivity index (χ0) is 14.8. The number of anilines is 2. The molecule has 0 saturated carbocycles. The molecule has 1 aliphatic rings. The fourth-order valence-electron chi connectivity index (χ4n) is 1.85. The topological polar surface area (TPSA) is 67.6 Å². The second-order valence-corrected chi connectivity index (χ2v) is 4.33. The number of carbonyl (C=O) groups is 1. The van der Waals surface area contributed by atoms with Gasteiger partial charge in [0.25, 0.3) is 0 Å². The van der Waals surface area contributed by atoms with Crippen LogP contribution in [0.15, 0.2) is 18.2 Å². The first-order chi connectivity index (χ1) is 9.38. The van der Waals surface area contributed by atoms with E-state index in [0.29, 0.717) is 26.3 Å². The van der Waals surface area contributed by atoms with Crippen molar-refractivity contribution in [2.75, 3.05) is 37.4 Å². The van der Waals surface area contributed by atoms with Crippen molar-refractivity contribution in [2.24, 2.45) is 0 Å². The highest BCUT2D eigenvalue weighted by Gasteiger charge is 2.33. The average molecular weight is 289 g/mol. The molecule has 2 rings (SSSR count). The van der Waals surface area contributed by atoms with Gasteiger partial charge in [-0.1, -0.05) is 0 Å². The van der Waals surface area contributed by atoms with Crippen LogP contribution in [0, 0.1) is 0 Å². The molecule has 1 fully saturated rings. The molecule has 1 aromatic rings. The number of nitrogens with two attached hydrogens (primary N) is 1. The lowest BCUT2D eigenvalue weighted by molar-refractivity contribution is -0.136. The van der Waals surface area contributed by atoms with Crippen molar-refractivity contribution in [1.82, 2.24) is 4.90 Å². The summed E-state index contributed by atoms with van der Waals surface area (Å²) in [4.78, 5) is 13.3. The number of nitrogens with zero attached hydrogens (tertiary/aromatic N) is 1. The van der Waals surface area contributed by atoms with Gasteiger partial charge in [-0.15, -0.1) is 0 Å². The van der Waals surface area contributed by atoms with Gasteiger partial charge in [-0.25, -0.2) is 4.79 Å².